The Balaban J connectivity index is 2.04. The van der Waals surface area contributed by atoms with Gasteiger partial charge >= 0.3 is 5.97 Å². The lowest BCUT2D eigenvalue weighted by Gasteiger charge is -2.15. The molecule has 5 nitrogen and oxygen atoms in total. The highest BCUT2D eigenvalue weighted by Crippen LogP contribution is 2.24. The largest absolute Gasteiger partial charge is 0.497 e. The van der Waals surface area contributed by atoms with Crippen molar-refractivity contribution in [2.24, 2.45) is 0 Å². The van der Waals surface area contributed by atoms with E-state index in [4.69, 9.17) is 9.47 Å². The first kappa shape index (κ1) is 18.9. The number of halogens is 2. The van der Waals surface area contributed by atoms with Crippen molar-refractivity contribution < 1.29 is 23.5 Å². The highest BCUT2D eigenvalue weighted by atomic mass is 79.9. The highest BCUT2D eigenvalue weighted by Gasteiger charge is 2.22. The molecule has 2 aromatic rings. The number of hydrogen-bond acceptors (Lipinski definition) is 4. The van der Waals surface area contributed by atoms with Crippen molar-refractivity contribution in [3.8, 4) is 5.75 Å². The zero-order valence-electron chi connectivity index (χ0n) is 13.9. The number of esters is 1. The number of methoxy groups -OCH3 is 1. The van der Waals surface area contributed by atoms with Gasteiger partial charge in [0.1, 0.15) is 11.6 Å². The molecule has 1 atom stereocenters. The highest BCUT2D eigenvalue weighted by molar-refractivity contribution is 9.10. The number of benzene rings is 2. The van der Waals surface area contributed by atoms with Crippen LogP contribution in [0.1, 0.15) is 22.8 Å². The minimum atomic E-state index is -1.10. The van der Waals surface area contributed by atoms with Gasteiger partial charge in [-0.15, -0.1) is 0 Å². The number of carbonyl (C=O) groups is 2. The van der Waals surface area contributed by atoms with Gasteiger partial charge in [0.15, 0.2) is 6.10 Å². The second-order valence-electron chi connectivity index (χ2n) is 5.37. The lowest BCUT2D eigenvalue weighted by atomic mass is 10.2. The Kier molecular flexibility index (Phi) is 6.14. The van der Waals surface area contributed by atoms with Gasteiger partial charge in [0.05, 0.1) is 18.4 Å². The molecule has 0 radical (unpaired) electrons. The molecule has 0 unspecified atom stereocenters. The fourth-order valence-electron chi connectivity index (χ4n) is 2.02. The third kappa shape index (κ3) is 4.79. The molecule has 132 valence electrons. The van der Waals surface area contributed by atoms with Gasteiger partial charge in [0, 0.05) is 10.5 Å². The molecule has 0 aliphatic heterocycles. The molecule has 25 heavy (non-hydrogen) atoms. The summed E-state index contributed by atoms with van der Waals surface area (Å²) < 4.78 is 24.5. The van der Waals surface area contributed by atoms with E-state index >= 15 is 0 Å². The molecule has 0 fully saturated rings. The average Bonchev–Trinajstić information content (AvgIpc) is 2.56. The van der Waals surface area contributed by atoms with E-state index in [1.165, 1.54) is 26.2 Å². The molecule has 0 spiro atoms. The molecule has 1 amide bonds. The number of nitrogens with one attached hydrogen (secondary N) is 1. The standard InChI is InChI=1S/C18H17BrFNO4/c1-10-4-7-16(14(19)8-10)21-17(22)11(2)25-18(23)13-6-5-12(24-3)9-15(13)20/h4-9,11H,1-3H3,(H,21,22)/t11-/m0/s1. The third-order valence-corrected chi connectivity index (χ3v) is 4.09. The van der Waals surface area contributed by atoms with E-state index in [1.54, 1.807) is 6.07 Å². The van der Waals surface area contributed by atoms with Crippen LogP contribution >= 0.6 is 15.9 Å². The number of anilines is 1. The first-order valence-electron chi connectivity index (χ1n) is 7.43. The summed E-state index contributed by atoms with van der Waals surface area (Å²) in [5.41, 5.74) is 1.31. The lowest BCUT2D eigenvalue weighted by Crippen LogP contribution is -2.30. The smallest absolute Gasteiger partial charge is 0.341 e. The Morgan fingerprint density at radius 1 is 1.20 bits per heavy atom. The minimum Gasteiger partial charge on any atom is -0.497 e. The number of rotatable bonds is 5. The van der Waals surface area contributed by atoms with Crippen LogP contribution in [0, 0.1) is 12.7 Å². The van der Waals surface area contributed by atoms with Gasteiger partial charge in [0.25, 0.3) is 5.91 Å². The molecule has 2 aromatic carbocycles. The Morgan fingerprint density at radius 2 is 1.92 bits per heavy atom. The monoisotopic (exact) mass is 409 g/mol. The summed E-state index contributed by atoms with van der Waals surface area (Å²) in [6, 6.07) is 9.17. The number of aryl methyl sites for hydroxylation is 1. The predicted molar refractivity (Wildman–Crippen MR) is 95.3 cm³/mol. The Bertz CT molecular complexity index is 810. The van der Waals surface area contributed by atoms with Gasteiger partial charge in [-0.25, -0.2) is 9.18 Å². The number of hydrogen-bond donors (Lipinski definition) is 1. The lowest BCUT2D eigenvalue weighted by molar-refractivity contribution is -0.123. The molecule has 0 saturated heterocycles. The SMILES string of the molecule is COc1ccc(C(=O)O[C@@H](C)C(=O)Nc2ccc(C)cc2Br)c(F)c1. The summed E-state index contributed by atoms with van der Waals surface area (Å²) in [4.78, 5) is 24.2. The van der Waals surface area contributed by atoms with Crippen molar-refractivity contribution in [3.63, 3.8) is 0 Å². The fraction of sp³-hybridized carbons (Fsp3) is 0.222. The van der Waals surface area contributed by atoms with E-state index in [-0.39, 0.29) is 11.3 Å². The molecule has 0 bridgehead atoms. The summed E-state index contributed by atoms with van der Waals surface area (Å²) in [5, 5.41) is 2.65. The van der Waals surface area contributed by atoms with Crippen molar-refractivity contribution in [2.45, 2.75) is 20.0 Å². The van der Waals surface area contributed by atoms with E-state index in [1.807, 2.05) is 19.1 Å². The second kappa shape index (κ2) is 8.11. The maximum Gasteiger partial charge on any atom is 0.341 e. The third-order valence-electron chi connectivity index (χ3n) is 3.43. The molecular weight excluding hydrogens is 393 g/mol. The molecule has 7 heteroatoms. The number of amides is 1. The zero-order chi connectivity index (χ0) is 18.6. The molecule has 0 saturated carbocycles. The van der Waals surface area contributed by atoms with Crippen LogP contribution < -0.4 is 10.1 Å². The molecule has 0 heterocycles. The molecular formula is C18H17BrFNO4. The zero-order valence-corrected chi connectivity index (χ0v) is 15.5. The van der Waals surface area contributed by atoms with Crippen LogP contribution in [-0.2, 0) is 9.53 Å². The van der Waals surface area contributed by atoms with E-state index in [9.17, 15) is 14.0 Å². The summed E-state index contributed by atoms with van der Waals surface area (Å²) >= 11 is 3.35. The quantitative estimate of drug-likeness (QED) is 0.755. The van der Waals surface area contributed by atoms with E-state index < -0.39 is 23.8 Å². The van der Waals surface area contributed by atoms with Crippen LogP contribution in [0.3, 0.4) is 0 Å². The van der Waals surface area contributed by atoms with Gasteiger partial charge in [-0.05, 0) is 59.6 Å². The molecule has 0 aromatic heterocycles. The molecule has 0 aliphatic rings. The second-order valence-corrected chi connectivity index (χ2v) is 6.22. The van der Waals surface area contributed by atoms with Gasteiger partial charge < -0.3 is 14.8 Å². The minimum absolute atomic E-state index is 0.267. The first-order valence-corrected chi connectivity index (χ1v) is 8.22. The summed E-state index contributed by atoms with van der Waals surface area (Å²) in [7, 11) is 1.39. The summed E-state index contributed by atoms with van der Waals surface area (Å²) in [6.45, 7) is 3.33. The fourth-order valence-corrected chi connectivity index (χ4v) is 2.61. The predicted octanol–water partition coefficient (Wildman–Crippen LogP) is 4.09. The average molecular weight is 410 g/mol. The molecule has 2 rings (SSSR count). The van der Waals surface area contributed by atoms with E-state index in [0.29, 0.717) is 10.2 Å². The Morgan fingerprint density at radius 3 is 2.52 bits per heavy atom. The maximum atomic E-state index is 13.9. The van der Waals surface area contributed by atoms with Crippen molar-refractivity contribution in [2.75, 3.05) is 12.4 Å². The summed E-state index contributed by atoms with van der Waals surface area (Å²) in [6.07, 6.45) is -1.10. The van der Waals surface area contributed by atoms with E-state index in [2.05, 4.69) is 21.2 Å². The van der Waals surface area contributed by atoms with Crippen molar-refractivity contribution in [3.05, 3.63) is 57.8 Å². The van der Waals surface area contributed by atoms with Crippen LogP contribution in [0.25, 0.3) is 0 Å². The van der Waals surface area contributed by atoms with Crippen LogP contribution in [0.4, 0.5) is 10.1 Å². The molecule has 1 N–H and O–H groups in total. The number of ether oxygens (including phenoxy) is 2. The van der Waals surface area contributed by atoms with Crippen LogP contribution in [0.5, 0.6) is 5.75 Å². The maximum absolute atomic E-state index is 13.9. The van der Waals surface area contributed by atoms with Crippen LogP contribution in [0.15, 0.2) is 40.9 Å². The Labute approximate surface area is 153 Å². The topological polar surface area (TPSA) is 64.6 Å². The van der Waals surface area contributed by atoms with Gasteiger partial charge in [0.2, 0.25) is 0 Å². The first-order chi connectivity index (χ1) is 11.8. The Hall–Kier alpha value is -2.41. The van der Waals surface area contributed by atoms with Crippen LogP contribution in [0.2, 0.25) is 0 Å². The molecule has 0 aliphatic carbocycles. The van der Waals surface area contributed by atoms with Gasteiger partial charge in [-0.3, -0.25) is 4.79 Å². The van der Waals surface area contributed by atoms with Crippen molar-refractivity contribution >= 4 is 33.5 Å². The van der Waals surface area contributed by atoms with Crippen molar-refractivity contribution in [1.82, 2.24) is 0 Å². The van der Waals surface area contributed by atoms with Crippen molar-refractivity contribution in [1.29, 1.82) is 0 Å². The van der Waals surface area contributed by atoms with E-state index in [0.717, 1.165) is 11.6 Å². The normalized spacial score (nSPS) is 11.6. The van der Waals surface area contributed by atoms with Gasteiger partial charge in [-0.1, -0.05) is 6.07 Å². The summed E-state index contributed by atoms with van der Waals surface area (Å²) in [5.74, 6) is -1.94. The number of carbonyl (C=O) groups excluding carboxylic acids is 2. The van der Waals surface area contributed by atoms with Crippen LogP contribution in [-0.4, -0.2) is 25.1 Å². The van der Waals surface area contributed by atoms with Gasteiger partial charge in [-0.2, -0.15) is 0 Å².